The molecule has 0 aromatic heterocycles. The van der Waals surface area contributed by atoms with E-state index in [4.69, 9.17) is 0 Å². The Morgan fingerprint density at radius 1 is 0.652 bits per heavy atom. The van der Waals surface area contributed by atoms with Crippen LogP contribution in [0.3, 0.4) is 0 Å². The maximum atomic E-state index is 11.7. The number of unbranched alkanes of at least 4 members (excludes halogenated alkanes) is 11. The lowest BCUT2D eigenvalue weighted by atomic mass is 9.98. The zero-order valence-electron chi connectivity index (χ0n) is 15.6. The molecule has 0 aliphatic carbocycles. The van der Waals surface area contributed by atoms with E-state index in [1.807, 2.05) is 0 Å². The highest BCUT2D eigenvalue weighted by Gasteiger charge is 2.23. The van der Waals surface area contributed by atoms with Gasteiger partial charge in [0.05, 0.1) is 0 Å². The first-order chi connectivity index (χ1) is 11.2. The van der Waals surface area contributed by atoms with E-state index < -0.39 is 5.92 Å². The Kier molecular flexibility index (Phi) is 15.1. The van der Waals surface area contributed by atoms with Crippen LogP contribution in [-0.2, 0) is 9.59 Å². The first kappa shape index (κ1) is 21.9. The summed E-state index contributed by atoms with van der Waals surface area (Å²) in [4.78, 5) is 23.3. The standard InChI is InChI=1S/C19H38N2O2/c1-4-5-6-7-8-9-10-11-12-13-14-15-16-17(18(22)20-2)19(23)21-3/h17H,4-16H2,1-3H3,(H,20,22)(H,21,23). The van der Waals surface area contributed by atoms with Crippen molar-refractivity contribution in [3.8, 4) is 0 Å². The fourth-order valence-electron chi connectivity index (χ4n) is 2.92. The minimum Gasteiger partial charge on any atom is -0.358 e. The van der Waals surface area contributed by atoms with Gasteiger partial charge < -0.3 is 10.6 Å². The number of carbonyl (C=O) groups is 2. The van der Waals surface area contributed by atoms with Crippen molar-refractivity contribution in [2.24, 2.45) is 5.92 Å². The summed E-state index contributed by atoms with van der Waals surface area (Å²) in [6, 6.07) is 0. The van der Waals surface area contributed by atoms with Crippen molar-refractivity contribution in [2.45, 2.75) is 90.4 Å². The van der Waals surface area contributed by atoms with Crippen LogP contribution in [0.15, 0.2) is 0 Å². The van der Waals surface area contributed by atoms with Gasteiger partial charge in [0.25, 0.3) is 0 Å². The second-order valence-electron chi connectivity index (χ2n) is 6.46. The van der Waals surface area contributed by atoms with Gasteiger partial charge in [-0.3, -0.25) is 9.59 Å². The molecular formula is C19H38N2O2. The molecule has 0 spiro atoms. The van der Waals surface area contributed by atoms with E-state index in [9.17, 15) is 9.59 Å². The molecule has 0 radical (unpaired) electrons. The fraction of sp³-hybridized carbons (Fsp3) is 0.895. The van der Waals surface area contributed by atoms with Gasteiger partial charge in [-0.1, -0.05) is 84.0 Å². The van der Waals surface area contributed by atoms with Crippen LogP contribution in [0, 0.1) is 5.92 Å². The van der Waals surface area contributed by atoms with E-state index in [2.05, 4.69) is 17.6 Å². The van der Waals surface area contributed by atoms with Crippen molar-refractivity contribution in [1.82, 2.24) is 10.6 Å². The normalized spacial score (nSPS) is 10.8. The molecule has 0 aromatic rings. The third kappa shape index (κ3) is 12.1. The highest BCUT2D eigenvalue weighted by atomic mass is 16.2. The number of carbonyl (C=O) groups excluding carboxylic acids is 2. The highest BCUT2D eigenvalue weighted by molar-refractivity contribution is 5.99. The molecule has 0 saturated carbocycles. The fourth-order valence-corrected chi connectivity index (χ4v) is 2.92. The molecule has 0 unspecified atom stereocenters. The number of hydrogen-bond acceptors (Lipinski definition) is 2. The minimum atomic E-state index is -0.534. The molecule has 4 nitrogen and oxygen atoms in total. The molecule has 0 aromatic carbocycles. The molecule has 0 atom stereocenters. The van der Waals surface area contributed by atoms with Crippen molar-refractivity contribution in [1.29, 1.82) is 0 Å². The van der Waals surface area contributed by atoms with Crippen molar-refractivity contribution in [3.05, 3.63) is 0 Å². The second kappa shape index (κ2) is 15.8. The van der Waals surface area contributed by atoms with Gasteiger partial charge in [-0.2, -0.15) is 0 Å². The van der Waals surface area contributed by atoms with Gasteiger partial charge in [0, 0.05) is 14.1 Å². The largest absolute Gasteiger partial charge is 0.358 e. The zero-order valence-corrected chi connectivity index (χ0v) is 15.6. The summed E-state index contributed by atoms with van der Waals surface area (Å²) in [7, 11) is 3.17. The molecule has 0 fully saturated rings. The highest BCUT2D eigenvalue weighted by Crippen LogP contribution is 2.15. The lowest BCUT2D eigenvalue weighted by Crippen LogP contribution is -2.38. The Labute approximate surface area is 143 Å². The molecule has 0 aliphatic heterocycles. The first-order valence-corrected chi connectivity index (χ1v) is 9.60. The van der Waals surface area contributed by atoms with Crippen molar-refractivity contribution < 1.29 is 9.59 Å². The maximum absolute atomic E-state index is 11.7. The van der Waals surface area contributed by atoms with Crippen LogP contribution in [0.5, 0.6) is 0 Å². The number of hydrogen-bond donors (Lipinski definition) is 2. The zero-order chi connectivity index (χ0) is 17.3. The smallest absolute Gasteiger partial charge is 0.232 e. The van der Waals surface area contributed by atoms with Gasteiger partial charge in [0.15, 0.2) is 0 Å². The van der Waals surface area contributed by atoms with E-state index in [1.54, 1.807) is 14.1 Å². The van der Waals surface area contributed by atoms with Crippen LogP contribution >= 0.6 is 0 Å². The Morgan fingerprint density at radius 2 is 1.00 bits per heavy atom. The molecular weight excluding hydrogens is 288 g/mol. The van der Waals surface area contributed by atoms with E-state index in [0.717, 1.165) is 12.8 Å². The SMILES string of the molecule is CCCCCCCCCCCCCCC(C(=O)NC)C(=O)NC. The molecule has 0 bridgehead atoms. The van der Waals surface area contributed by atoms with Crippen LogP contribution in [-0.4, -0.2) is 25.9 Å². The number of nitrogens with one attached hydrogen (secondary N) is 2. The van der Waals surface area contributed by atoms with E-state index in [-0.39, 0.29) is 11.8 Å². The first-order valence-electron chi connectivity index (χ1n) is 9.60. The van der Waals surface area contributed by atoms with Gasteiger partial charge in [-0.25, -0.2) is 0 Å². The topological polar surface area (TPSA) is 58.2 Å². The van der Waals surface area contributed by atoms with Crippen LogP contribution in [0.2, 0.25) is 0 Å². The van der Waals surface area contributed by atoms with E-state index in [0.29, 0.717) is 6.42 Å². The molecule has 2 amide bonds. The summed E-state index contributed by atoms with van der Waals surface area (Å²) in [5, 5.41) is 5.15. The van der Waals surface area contributed by atoms with Crippen molar-refractivity contribution in [3.63, 3.8) is 0 Å². The molecule has 2 N–H and O–H groups in total. The number of rotatable bonds is 15. The van der Waals surface area contributed by atoms with Gasteiger partial charge in [-0.05, 0) is 6.42 Å². The summed E-state index contributed by atoms with van der Waals surface area (Å²) >= 11 is 0. The average Bonchev–Trinajstić information content (AvgIpc) is 2.57. The lowest BCUT2D eigenvalue weighted by molar-refractivity contribution is -0.135. The summed E-state index contributed by atoms with van der Waals surface area (Å²) < 4.78 is 0. The predicted molar refractivity (Wildman–Crippen MR) is 97.3 cm³/mol. The summed E-state index contributed by atoms with van der Waals surface area (Å²) in [6.45, 7) is 2.26. The molecule has 4 heteroatoms. The third-order valence-corrected chi connectivity index (χ3v) is 4.47. The Balaban J connectivity index is 3.49. The molecule has 0 rings (SSSR count). The Hall–Kier alpha value is -1.06. The van der Waals surface area contributed by atoms with Crippen molar-refractivity contribution in [2.75, 3.05) is 14.1 Å². The van der Waals surface area contributed by atoms with E-state index >= 15 is 0 Å². The van der Waals surface area contributed by atoms with Crippen LogP contribution < -0.4 is 10.6 Å². The quantitative estimate of drug-likeness (QED) is 0.350. The molecule has 136 valence electrons. The van der Waals surface area contributed by atoms with Crippen LogP contribution in [0.4, 0.5) is 0 Å². The molecule has 0 heterocycles. The summed E-state index contributed by atoms with van der Waals surface area (Å²) in [5.41, 5.74) is 0. The predicted octanol–water partition coefficient (Wildman–Crippen LogP) is 4.19. The van der Waals surface area contributed by atoms with Gasteiger partial charge in [0.1, 0.15) is 5.92 Å². The van der Waals surface area contributed by atoms with Crippen molar-refractivity contribution >= 4 is 11.8 Å². The minimum absolute atomic E-state index is 0.174. The third-order valence-electron chi connectivity index (χ3n) is 4.47. The maximum Gasteiger partial charge on any atom is 0.232 e. The van der Waals surface area contributed by atoms with Gasteiger partial charge in [-0.15, -0.1) is 0 Å². The Morgan fingerprint density at radius 3 is 1.35 bits per heavy atom. The molecule has 0 aliphatic rings. The Bertz CT molecular complexity index is 290. The average molecular weight is 327 g/mol. The molecule has 0 saturated heterocycles. The monoisotopic (exact) mass is 326 g/mol. The summed E-state index contributed by atoms with van der Waals surface area (Å²) in [6.07, 6.45) is 16.1. The second-order valence-corrected chi connectivity index (χ2v) is 6.46. The van der Waals surface area contributed by atoms with Crippen LogP contribution in [0.1, 0.15) is 90.4 Å². The summed E-state index contributed by atoms with van der Waals surface area (Å²) in [5.74, 6) is -0.882. The van der Waals surface area contributed by atoms with Gasteiger partial charge in [0.2, 0.25) is 11.8 Å². The molecule has 23 heavy (non-hydrogen) atoms. The lowest BCUT2D eigenvalue weighted by Gasteiger charge is -2.13. The number of amides is 2. The van der Waals surface area contributed by atoms with E-state index in [1.165, 1.54) is 64.2 Å². The van der Waals surface area contributed by atoms with Crippen LogP contribution in [0.25, 0.3) is 0 Å². The van der Waals surface area contributed by atoms with Gasteiger partial charge >= 0.3 is 0 Å².